The summed E-state index contributed by atoms with van der Waals surface area (Å²) in [6.45, 7) is 12.8. The van der Waals surface area contributed by atoms with Gasteiger partial charge in [0, 0.05) is 26.2 Å². The van der Waals surface area contributed by atoms with Crippen molar-refractivity contribution in [3.8, 4) is 0 Å². The molecule has 26 heavy (non-hydrogen) atoms. The predicted octanol–water partition coefficient (Wildman–Crippen LogP) is 2.47. The first kappa shape index (κ1) is 18.0. The highest BCUT2D eigenvalue weighted by Gasteiger charge is 2.61. The summed E-state index contributed by atoms with van der Waals surface area (Å²) in [7, 11) is 0. The number of piperidine rings is 1. The van der Waals surface area contributed by atoms with Crippen molar-refractivity contribution < 1.29 is 14.3 Å². The molecule has 4 fully saturated rings. The summed E-state index contributed by atoms with van der Waals surface area (Å²) in [4.78, 5) is 30.3. The van der Waals surface area contributed by atoms with E-state index < -0.39 is 0 Å². The minimum atomic E-state index is -0.363. The molecule has 3 atom stereocenters. The lowest BCUT2D eigenvalue weighted by molar-refractivity contribution is -0.147. The molecule has 144 valence electrons. The molecule has 5 heteroatoms. The molecule has 4 rings (SSSR count). The van der Waals surface area contributed by atoms with Crippen molar-refractivity contribution in [1.82, 2.24) is 9.80 Å². The largest absolute Gasteiger partial charge is 0.378 e. The van der Waals surface area contributed by atoms with Gasteiger partial charge in [-0.3, -0.25) is 9.59 Å². The van der Waals surface area contributed by atoms with Gasteiger partial charge in [-0.2, -0.15) is 0 Å². The number of carbonyl (C=O) groups is 2. The van der Waals surface area contributed by atoms with E-state index in [1.807, 2.05) is 9.80 Å². The summed E-state index contributed by atoms with van der Waals surface area (Å²) < 4.78 is 5.36. The average Bonchev–Trinajstić information content (AvgIpc) is 3.20. The Morgan fingerprint density at radius 1 is 1.12 bits per heavy atom. The van der Waals surface area contributed by atoms with E-state index in [0.717, 1.165) is 44.2 Å². The highest BCUT2D eigenvalue weighted by molar-refractivity contribution is 5.88. The molecule has 0 N–H and O–H groups in total. The first-order valence-electron chi connectivity index (χ1n) is 10.2. The molecular formula is C21H32N2O3. The van der Waals surface area contributed by atoms with Crippen LogP contribution in [0.5, 0.6) is 0 Å². The number of carbonyl (C=O) groups excluding carboxylic acids is 2. The Morgan fingerprint density at radius 3 is 2.50 bits per heavy atom. The molecule has 2 aliphatic heterocycles. The molecule has 2 bridgehead atoms. The minimum Gasteiger partial charge on any atom is -0.378 e. The Labute approximate surface area is 156 Å². The summed E-state index contributed by atoms with van der Waals surface area (Å²) in [5.74, 6) is 0.977. The zero-order valence-electron chi connectivity index (χ0n) is 16.3. The first-order valence-corrected chi connectivity index (χ1v) is 10.2. The molecule has 0 aromatic rings. The van der Waals surface area contributed by atoms with Crippen molar-refractivity contribution in [1.29, 1.82) is 0 Å². The Hall–Kier alpha value is -1.36. The third-order valence-electron chi connectivity index (χ3n) is 7.68. The van der Waals surface area contributed by atoms with Gasteiger partial charge in [0.1, 0.15) is 0 Å². The zero-order chi connectivity index (χ0) is 18.5. The van der Waals surface area contributed by atoms with Crippen LogP contribution in [0.25, 0.3) is 0 Å². The van der Waals surface area contributed by atoms with E-state index >= 15 is 0 Å². The van der Waals surface area contributed by atoms with Gasteiger partial charge < -0.3 is 14.5 Å². The number of likely N-dealkylation sites (tertiary alicyclic amines) is 1. The van der Waals surface area contributed by atoms with Crippen LogP contribution in [-0.4, -0.2) is 61.0 Å². The standard InChI is InChI=1S/C21H32N2O3/c1-15-20(2,3)17-6-7-21(15,13-17)19(25)23-8-4-5-16(14-23)18(24)22-9-11-26-12-10-22/h16-17H,1,4-14H2,2-3H3/t16-,17-,21+/m1/s1. The molecule has 5 nitrogen and oxygen atoms in total. The van der Waals surface area contributed by atoms with Crippen LogP contribution in [0.15, 0.2) is 12.2 Å². The number of morpholine rings is 1. The maximum atomic E-state index is 13.5. The SMILES string of the molecule is C=C1C(C)(C)[C@@H]2CC[C@]1(C(=O)N1CCC[C@@H](C(=O)N3CCOCC3)C1)C2. The van der Waals surface area contributed by atoms with Crippen molar-refractivity contribution in [2.24, 2.45) is 22.7 Å². The summed E-state index contributed by atoms with van der Waals surface area (Å²) in [5.41, 5.74) is 0.831. The van der Waals surface area contributed by atoms with Gasteiger partial charge in [0.05, 0.1) is 24.5 Å². The molecule has 2 saturated carbocycles. The van der Waals surface area contributed by atoms with Crippen LogP contribution >= 0.6 is 0 Å². The van der Waals surface area contributed by atoms with Crippen molar-refractivity contribution in [2.45, 2.75) is 46.0 Å². The third kappa shape index (κ3) is 2.62. The van der Waals surface area contributed by atoms with E-state index in [9.17, 15) is 9.59 Å². The molecule has 0 spiro atoms. The molecule has 2 heterocycles. The Balaban J connectivity index is 1.47. The Morgan fingerprint density at radius 2 is 1.85 bits per heavy atom. The van der Waals surface area contributed by atoms with E-state index in [1.54, 1.807) is 0 Å². The quantitative estimate of drug-likeness (QED) is 0.711. The van der Waals surface area contributed by atoms with Crippen LogP contribution in [0.2, 0.25) is 0 Å². The second-order valence-corrected chi connectivity index (χ2v) is 9.25. The lowest BCUT2D eigenvalue weighted by atomic mass is 9.68. The normalized spacial score (nSPS) is 36.5. The van der Waals surface area contributed by atoms with Crippen LogP contribution in [0.3, 0.4) is 0 Å². The molecule has 2 aliphatic carbocycles. The summed E-state index contributed by atoms with van der Waals surface area (Å²) in [5, 5.41) is 0. The van der Waals surface area contributed by atoms with E-state index in [-0.39, 0.29) is 28.6 Å². The average molecular weight is 360 g/mol. The van der Waals surface area contributed by atoms with Gasteiger partial charge in [0.25, 0.3) is 0 Å². The topological polar surface area (TPSA) is 49.9 Å². The highest BCUT2D eigenvalue weighted by Crippen LogP contribution is 2.66. The summed E-state index contributed by atoms with van der Waals surface area (Å²) >= 11 is 0. The molecule has 2 amide bonds. The van der Waals surface area contributed by atoms with E-state index in [1.165, 1.54) is 0 Å². The van der Waals surface area contributed by atoms with Crippen molar-refractivity contribution >= 4 is 11.8 Å². The van der Waals surface area contributed by atoms with E-state index in [0.29, 0.717) is 38.8 Å². The van der Waals surface area contributed by atoms with Crippen molar-refractivity contribution in [3.63, 3.8) is 0 Å². The predicted molar refractivity (Wildman–Crippen MR) is 99.4 cm³/mol. The number of hydrogen-bond donors (Lipinski definition) is 0. The van der Waals surface area contributed by atoms with Crippen LogP contribution in [-0.2, 0) is 14.3 Å². The van der Waals surface area contributed by atoms with Crippen LogP contribution < -0.4 is 0 Å². The lowest BCUT2D eigenvalue weighted by Gasteiger charge is -2.42. The Kier molecular flexibility index (Phi) is 4.41. The number of nitrogens with zero attached hydrogens (tertiary/aromatic N) is 2. The molecule has 0 aromatic heterocycles. The van der Waals surface area contributed by atoms with E-state index in [4.69, 9.17) is 4.74 Å². The van der Waals surface area contributed by atoms with Gasteiger partial charge in [-0.15, -0.1) is 0 Å². The van der Waals surface area contributed by atoms with Gasteiger partial charge >= 0.3 is 0 Å². The molecule has 0 aromatic carbocycles. The fourth-order valence-corrected chi connectivity index (χ4v) is 5.83. The van der Waals surface area contributed by atoms with Crippen LogP contribution in [0.1, 0.15) is 46.0 Å². The number of rotatable bonds is 2. The summed E-state index contributed by atoms with van der Waals surface area (Å²) in [6, 6.07) is 0. The second kappa shape index (κ2) is 6.36. The van der Waals surface area contributed by atoms with Gasteiger partial charge in [-0.05, 0) is 43.4 Å². The smallest absolute Gasteiger partial charge is 0.232 e. The molecule has 4 aliphatic rings. The minimum absolute atomic E-state index is 0.0536. The van der Waals surface area contributed by atoms with Crippen LogP contribution in [0, 0.1) is 22.7 Å². The maximum absolute atomic E-state index is 13.5. The van der Waals surface area contributed by atoms with Crippen molar-refractivity contribution in [3.05, 3.63) is 12.2 Å². The number of ether oxygens (including phenoxy) is 1. The zero-order valence-corrected chi connectivity index (χ0v) is 16.3. The van der Waals surface area contributed by atoms with Gasteiger partial charge in [-0.1, -0.05) is 26.0 Å². The first-order chi connectivity index (χ1) is 12.4. The van der Waals surface area contributed by atoms with E-state index in [2.05, 4.69) is 20.4 Å². The molecule has 0 radical (unpaired) electrons. The van der Waals surface area contributed by atoms with Gasteiger partial charge in [0.15, 0.2) is 0 Å². The maximum Gasteiger partial charge on any atom is 0.232 e. The number of fused-ring (bicyclic) bond motifs is 2. The Bertz CT molecular complexity index is 623. The van der Waals surface area contributed by atoms with Gasteiger partial charge in [0.2, 0.25) is 11.8 Å². The lowest BCUT2D eigenvalue weighted by Crippen LogP contribution is -2.52. The molecule has 0 unspecified atom stereocenters. The fourth-order valence-electron chi connectivity index (χ4n) is 5.83. The summed E-state index contributed by atoms with van der Waals surface area (Å²) in [6.07, 6.45) is 4.83. The fraction of sp³-hybridized carbons (Fsp3) is 0.810. The van der Waals surface area contributed by atoms with Gasteiger partial charge in [-0.25, -0.2) is 0 Å². The number of amides is 2. The molecule has 2 saturated heterocycles. The monoisotopic (exact) mass is 360 g/mol. The third-order valence-corrected chi connectivity index (χ3v) is 7.68. The van der Waals surface area contributed by atoms with Crippen LogP contribution in [0.4, 0.5) is 0 Å². The molecular weight excluding hydrogens is 328 g/mol. The van der Waals surface area contributed by atoms with Crippen molar-refractivity contribution in [2.75, 3.05) is 39.4 Å². The highest BCUT2D eigenvalue weighted by atomic mass is 16.5. The second-order valence-electron chi connectivity index (χ2n) is 9.25. The number of hydrogen-bond acceptors (Lipinski definition) is 3.